The summed E-state index contributed by atoms with van der Waals surface area (Å²) in [6, 6.07) is 3.47. The third-order valence-electron chi connectivity index (χ3n) is 5.88. The zero-order valence-electron chi connectivity index (χ0n) is 17.1. The van der Waals surface area contributed by atoms with Crippen molar-refractivity contribution in [2.75, 3.05) is 46.5 Å². The first kappa shape index (κ1) is 23.5. The molecule has 0 atom stereocenters. The summed E-state index contributed by atoms with van der Waals surface area (Å²) < 4.78 is 76.4. The van der Waals surface area contributed by atoms with Crippen LogP contribution in [0.4, 0.5) is 13.2 Å². The van der Waals surface area contributed by atoms with Crippen LogP contribution in [0.25, 0.3) is 0 Å². The zero-order chi connectivity index (χ0) is 21.8. The van der Waals surface area contributed by atoms with Crippen molar-refractivity contribution in [2.45, 2.75) is 48.9 Å². The Morgan fingerprint density at radius 3 is 2.27 bits per heavy atom. The molecule has 1 aliphatic heterocycles. The molecule has 1 saturated carbocycles. The minimum absolute atomic E-state index is 0.115. The molecule has 1 saturated heterocycles. The maximum Gasteiger partial charge on any atom is 0.416 e. The van der Waals surface area contributed by atoms with E-state index in [1.807, 2.05) is 0 Å². The van der Waals surface area contributed by atoms with Gasteiger partial charge in [0.1, 0.15) is 0 Å². The number of morpholine rings is 1. The largest absolute Gasteiger partial charge is 0.416 e. The highest BCUT2D eigenvalue weighted by atomic mass is 32.2. The lowest BCUT2D eigenvalue weighted by atomic mass is 9.93. The molecular weight excluding hydrogens is 421 g/mol. The molecule has 6 nitrogen and oxygen atoms in total. The lowest BCUT2D eigenvalue weighted by Crippen LogP contribution is -2.41. The fourth-order valence-electron chi connectivity index (χ4n) is 3.93. The highest BCUT2D eigenvalue weighted by Gasteiger charge is 2.34. The molecule has 0 unspecified atom stereocenters. The Kier molecular flexibility index (Phi) is 7.78. The van der Waals surface area contributed by atoms with E-state index in [9.17, 15) is 21.6 Å². The summed E-state index contributed by atoms with van der Waals surface area (Å²) in [6.45, 7) is 4.86. The van der Waals surface area contributed by atoms with Crippen molar-refractivity contribution in [3.05, 3.63) is 29.8 Å². The second-order valence-corrected chi connectivity index (χ2v) is 9.80. The number of alkyl halides is 3. The van der Waals surface area contributed by atoms with E-state index < -0.39 is 21.8 Å². The third-order valence-corrected chi connectivity index (χ3v) is 7.81. The first-order valence-electron chi connectivity index (χ1n) is 10.2. The third kappa shape index (κ3) is 5.94. The van der Waals surface area contributed by atoms with Gasteiger partial charge in [-0.2, -0.15) is 17.5 Å². The number of hydrogen-bond acceptors (Lipinski definition) is 5. The summed E-state index contributed by atoms with van der Waals surface area (Å²) >= 11 is 0. The van der Waals surface area contributed by atoms with E-state index in [2.05, 4.69) is 4.90 Å². The van der Waals surface area contributed by atoms with Gasteiger partial charge in [0.15, 0.2) is 0 Å². The van der Waals surface area contributed by atoms with Crippen molar-refractivity contribution in [1.29, 1.82) is 0 Å². The first-order valence-corrected chi connectivity index (χ1v) is 11.7. The summed E-state index contributed by atoms with van der Waals surface area (Å²) in [5, 5.41) is 0. The van der Waals surface area contributed by atoms with Crippen LogP contribution in [0.2, 0.25) is 0 Å². The van der Waals surface area contributed by atoms with Gasteiger partial charge < -0.3 is 9.47 Å². The average Bonchev–Trinajstić information content (AvgIpc) is 2.74. The number of sulfonamides is 1. The van der Waals surface area contributed by atoms with Gasteiger partial charge in [-0.25, -0.2) is 8.42 Å². The average molecular weight is 451 g/mol. The van der Waals surface area contributed by atoms with E-state index in [4.69, 9.17) is 9.47 Å². The van der Waals surface area contributed by atoms with Crippen LogP contribution in [-0.2, 0) is 25.7 Å². The van der Waals surface area contributed by atoms with Crippen LogP contribution >= 0.6 is 0 Å². The molecule has 0 bridgehead atoms. The van der Waals surface area contributed by atoms with Gasteiger partial charge in [0, 0.05) is 32.7 Å². The van der Waals surface area contributed by atoms with Gasteiger partial charge in [0.05, 0.1) is 36.4 Å². The Hall–Kier alpha value is -1.20. The molecule has 1 aromatic rings. The van der Waals surface area contributed by atoms with Gasteiger partial charge >= 0.3 is 6.18 Å². The Balaban J connectivity index is 1.48. The predicted molar refractivity (Wildman–Crippen MR) is 106 cm³/mol. The van der Waals surface area contributed by atoms with Crippen molar-refractivity contribution in [3.8, 4) is 0 Å². The van der Waals surface area contributed by atoms with Crippen LogP contribution in [-0.4, -0.2) is 76.3 Å². The Morgan fingerprint density at radius 2 is 1.70 bits per heavy atom. The van der Waals surface area contributed by atoms with Crippen molar-refractivity contribution >= 4 is 10.0 Å². The maximum atomic E-state index is 12.8. The van der Waals surface area contributed by atoms with Crippen molar-refractivity contribution < 1.29 is 31.1 Å². The molecular formula is C20H29F3N2O4S. The molecule has 0 N–H and O–H groups in total. The van der Waals surface area contributed by atoms with E-state index in [-0.39, 0.29) is 17.0 Å². The number of ether oxygens (including phenoxy) is 2. The summed E-state index contributed by atoms with van der Waals surface area (Å²) in [7, 11) is -2.35. The molecule has 10 heteroatoms. The molecule has 30 heavy (non-hydrogen) atoms. The van der Waals surface area contributed by atoms with Crippen molar-refractivity contribution in [3.63, 3.8) is 0 Å². The lowest BCUT2D eigenvalue weighted by Gasteiger charge is -2.34. The summed E-state index contributed by atoms with van der Waals surface area (Å²) in [6.07, 6.45) is -1.52. The minimum Gasteiger partial charge on any atom is -0.379 e. The molecule has 1 heterocycles. The zero-order valence-corrected chi connectivity index (χ0v) is 17.9. The molecule has 1 aliphatic carbocycles. The van der Waals surface area contributed by atoms with Gasteiger partial charge in [-0.05, 0) is 49.9 Å². The Labute approximate surface area is 176 Å². The molecule has 2 aliphatic rings. The molecule has 170 valence electrons. The van der Waals surface area contributed by atoms with Gasteiger partial charge in [-0.3, -0.25) is 4.90 Å². The van der Waals surface area contributed by atoms with E-state index in [1.54, 1.807) is 0 Å². The normalized spacial score (nSPS) is 24.3. The van der Waals surface area contributed by atoms with E-state index in [0.29, 0.717) is 19.4 Å². The Bertz CT molecular complexity index is 772. The van der Waals surface area contributed by atoms with Crippen LogP contribution in [0, 0.1) is 0 Å². The van der Waals surface area contributed by atoms with Gasteiger partial charge in [0.2, 0.25) is 10.0 Å². The van der Waals surface area contributed by atoms with Crippen LogP contribution < -0.4 is 0 Å². The maximum absolute atomic E-state index is 12.8. The quantitative estimate of drug-likeness (QED) is 0.639. The minimum atomic E-state index is -4.49. The number of halogens is 3. The molecule has 3 rings (SSSR count). The van der Waals surface area contributed by atoms with Crippen LogP contribution in [0.3, 0.4) is 0 Å². The van der Waals surface area contributed by atoms with Gasteiger partial charge in [-0.1, -0.05) is 0 Å². The lowest BCUT2D eigenvalue weighted by molar-refractivity contribution is -0.137. The monoisotopic (exact) mass is 450 g/mol. The second-order valence-electron chi connectivity index (χ2n) is 7.80. The molecule has 1 aromatic carbocycles. The summed E-state index contributed by atoms with van der Waals surface area (Å²) in [5.41, 5.74) is -0.862. The molecule has 0 aromatic heterocycles. The standard InChI is InChI=1S/C20H29F3N2O4S/c1-24(30(26,27)19-8-2-16(3-9-19)20(21,22)23)17-4-6-18(7-5-17)29-15-12-25-10-13-28-14-11-25/h2-3,8-9,17-18H,4-7,10-15H2,1H3/t17-,18-. The predicted octanol–water partition coefficient (Wildman–Crippen LogP) is 2.99. The number of rotatable bonds is 7. The molecule has 0 amide bonds. The number of nitrogens with zero attached hydrogens (tertiary/aromatic N) is 2. The van der Waals surface area contributed by atoms with E-state index >= 15 is 0 Å². The van der Waals surface area contributed by atoms with Gasteiger partial charge in [-0.15, -0.1) is 0 Å². The number of benzene rings is 1. The van der Waals surface area contributed by atoms with Gasteiger partial charge in [0.25, 0.3) is 0 Å². The van der Waals surface area contributed by atoms with E-state index in [1.165, 1.54) is 11.4 Å². The second kappa shape index (κ2) is 9.95. The van der Waals surface area contributed by atoms with E-state index in [0.717, 1.165) is 70.0 Å². The topological polar surface area (TPSA) is 59.1 Å². The fraction of sp³-hybridized carbons (Fsp3) is 0.700. The summed E-state index contributed by atoms with van der Waals surface area (Å²) in [5.74, 6) is 0. The fourth-order valence-corrected chi connectivity index (χ4v) is 5.34. The highest BCUT2D eigenvalue weighted by molar-refractivity contribution is 7.89. The van der Waals surface area contributed by atoms with Crippen molar-refractivity contribution in [1.82, 2.24) is 9.21 Å². The first-order chi connectivity index (χ1) is 14.2. The van der Waals surface area contributed by atoms with Crippen LogP contribution in [0.15, 0.2) is 29.2 Å². The molecule has 2 fully saturated rings. The molecule has 0 radical (unpaired) electrons. The smallest absolute Gasteiger partial charge is 0.379 e. The highest BCUT2D eigenvalue weighted by Crippen LogP contribution is 2.32. The molecule has 0 spiro atoms. The van der Waals surface area contributed by atoms with Crippen molar-refractivity contribution in [2.24, 2.45) is 0 Å². The van der Waals surface area contributed by atoms with Crippen LogP contribution in [0.1, 0.15) is 31.2 Å². The summed E-state index contributed by atoms with van der Waals surface area (Å²) in [4.78, 5) is 2.18. The SMILES string of the molecule is CN([C@H]1CC[C@H](OCCN2CCOCC2)CC1)S(=O)(=O)c1ccc(C(F)(F)F)cc1. The Morgan fingerprint density at radius 1 is 1.10 bits per heavy atom. The number of hydrogen-bond donors (Lipinski definition) is 0. The van der Waals surface area contributed by atoms with Crippen LogP contribution in [0.5, 0.6) is 0 Å².